The Bertz CT molecular complexity index is 533. The third-order valence-electron chi connectivity index (χ3n) is 3.94. The number of nitrogens with zero attached hydrogens (tertiary/aromatic N) is 1. The van der Waals surface area contributed by atoms with Crippen LogP contribution in [-0.2, 0) is 9.53 Å². The molecule has 0 aliphatic carbocycles. The normalized spacial score (nSPS) is 17.2. The van der Waals surface area contributed by atoms with Crippen molar-refractivity contribution in [2.75, 3.05) is 32.1 Å². The molecule has 120 valence electrons. The highest BCUT2D eigenvalue weighted by atomic mass is 16.5. The van der Waals surface area contributed by atoms with Gasteiger partial charge in [0.05, 0.1) is 7.11 Å². The van der Waals surface area contributed by atoms with Gasteiger partial charge in [0.2, 0.25) is 5.91 Å². The lowest BCUT2D eigenvalue weighted by atomic mass is 10.1. The van der Waals surface area contributed by atoms with E-state index in [-0.39, 0.29) is 18.5 Å². The van der Waals surface area contributed by atoms with E-state index in [0.29, 0.717) is 0 Å². The van der Waals surface area contributed by atoms with Gasteiger partial charge in [-0.2, -0.15) is 0 Å². The Kier molecular flexibility index (Phi) is 5.63. The molecule has 1 aliphatic rings. The summed E-state index contributed by atoms with van der Waals surface area (Å²) in [6.45, 7) is 3.49. The van der Waals surface area contributed by atoms with E-state index in [9.17, 15) is 9.59 Å². The minimum absolute atomic E-state index is 0.0203. The fourth-order valence-electron chi connectivity index (χ4n) is 2.70. The van der Waals surface area contributed by atoms with Gasteiger partial charge in [-0.3, -0.25) is 4.79 Å². The Balaban J connectivity index is 1.86. The molecule has 1 unspecified atom stereocenters. The van der Waals surface area contributed by atoms with Crippen LogP contribution in [0.4, 0.5) is 10.5 Å². The fourth-order valence-corrected chi connectivity index (χ4v) is 2.70. The molecule has 22 heavy (non-hydrogen) atoms. The van der Waals surface area contributed by atoms with Crippen LogP contribution in [-0.4, -0.2) is 49.7 Å². The van der Waals surface area contributed by atoms with Crippen LogP contribution in [0.1, 0.15) is 18.4 Å². The van der Waals surface area contributed by atoms with Gasteiger partial charge < -0.3 is 20.3 Å². The molecule has 2 N–H and O–H groups in total. The van der Waals surface area contributed by atoms with Crippen molar-refractivity contribution in [3.8, 4) is 0 Å². The highest BCUT2D eigenvalue weighted by molar-refractivity contribution is 5.82. The summed E-state index contributed by atoms with van der Waals surface area (Å²) in [5.74, 6) is -0.0699. The molecule has 0 saturated carbocycles. The first-order valence-corrected chi connectivity index (χ1v) is 7.52. The lowest BCUT2D eigenvalue weighted by molar-refractivity contribution is -0.130. The molecular weight excluding hydrogens is 282 g/mol. The highest BCUT2D eigenvalue weighted by Gasteiger charge is 2.28. The largest absolute Gasteiger partial charge is 0.453 e. The number of methoxy groups -OCH3 is 1. The molecule has 1 heterocycles. The lowest BCUT2D eigenvalue weighted by Crippen LogP contribution is -2.44. The zero-order chi connectivity index (χ0) is 15.9. The number of rotatable bonds is 5. The van der Waals surface area contributed by atoms with Crippen LogP contribution >= 0.6 is 0 Å². The zero-order valence-corrected chi connectivity index (χ0v) is 13.1. The first-order chi connectivity index (χ1) is 10.6. The molecule has 1 aliphatic heterocycles. The molecule has 1 aromatic rings. The Hall–Kier alpha value is -2.24. The van der Waals surface area contributed by atoms with E-state index in [0.717, 1.165) is 31.6 Å². The fraction of sp³-hybridized carbons (Fsp3) is 0.500. The SMILES string of the molecule is COC(=O)NCC(=O)N1CCCC1CNc1ccccc1C. The summed E-state index contributed by atoms with van der Waals surface area (Å²) in [7, 11) is 1.28. The van der Waals surface area contributed by atoms with Crippen LogP contribution in [0.2, 0.25) is 0 Å². The van der Waals surface area contributed by atoms with Crippen molar-refractivity contribution < 1.29 is 14.3 Å². The third kappa shape index (κ3) is 4.13. The number of benzene rings is 1. The first-order valence-electron chi connectivity index (χ1n) is 7.52. The summed E-state index contributed by atoms with van der Waals surface area (Å²) < 4.78 is 4.48. The number of hydrogen-bond acceptors (Lipinski definition) is 4. The number of amides is 2. The average molecular weight is 305 g/mol. The van der Waals surface area contributed by atoms with E-state index in [1.54, 1.807) is 0 Å². The van der Waals surface area contributed by atoms with Gasteiger partial charge in [-0.1, -0.05) is 18.2 Å². The maximum Gasteiger partial charge on any atom is 0.407 e. The van der Waals surface area contributed by atoms with Gasteiger partial charge in [-0.05, 0) is 31.4 Å². The predicted molar refractivity (Wildman–Crippen MR) is 84.8 cm³/mol. The topological polar surface area (TPSA) is 70.7 Å². The van der Waals surface area contributed by atoms with Crippen LogP contribution in [0.5, 0.6) is 0 Å². The number of ether oxygens (including phenoxy) is 1. The van der Waals surface area contributed by atoms with Crippen LogP contribution in [0.25, 0.3) is 0 Å². The van der Waals surface area contributed by atoms with Crippen LogP contribution in [0, 0.1) is 6.92 Å². The van der Waals surface area contributed by atoms with Gasteiger partial charge >= 0.3 is 6.09 Å². The van der Waals surface area contributed by atoms with E-state index in [4.69, 9.17) is 0 Å². The Labute approximate surface area is 130 Å². The van der Waals surface area contributed by atoms with E-state index >= 15 is 0 Å². The molecule has 6 nitrogen and oxygen atoms in total. The smallest absolute Gasteiger partial charge is 0.407 e. The second kappa shape index (κ2) is 7.68. The van der Waals surface area contributed by atoms with Gasteiger partial charge in [0, 0.05) is 24.8 Å². The summed E-state index contributed by atoms with van der Waals surface area (Å²) in [5.41, 5.74) is 2.28. The molecule has 0 aromatic heterocycles. The quantitative estimate of drug-likeness (QED) is 0.869. The number of aryl methyl sites for hydroxylation is 1. The summed E-state index contributed by atoms with van der Waals surface area (Å²) in [5, 5.41) is 5.85. The number of alkyl carbamates (subject to hydrolysis) is 1. The molecule has 0 bridgehead atoms. The third-order valence-corrected chi connectivity index (χ3v) is 3.94. The van der Waals surface area contributed by atoms with E-state index in [1.165, 1.54) is 12.7 Å². The van der Waals surface area contributed by atoms with Crippen LogP contribution in [0.15, 0.2) is 24.3 Å². The molecule has 2 rings (SSSR count). The Morgan fingerprint density at radius 1 is 1.36 bits per heavy atom. The first kappa shape index (κ1) is 16.1. The van der Waals surface area contributed by atoms with Gasteiger partial charge in [-0.15, -0.1) is 0 Å². The minimum Gasteiger partial charge on any atom is -0.453 e. The average Bonchev–Trinajstić information content (AvgIpc) is 3.00. The van der Waals surface area contributed by atoms with Crippen molar-refractivity contribution in [1.29, 1.82) is 0 Å². The van der Waals surface area contributed by atoms with Crippen molar-refractivity contribution in [2.24, 2.45) is 0 Å². The molecule has 2 amide bonds. The number of carbonyl (C=O) groups is 2. The monoisotopic (exact) mass is 305 g/mol. The maximum absolute atomic E-state index is 12.2. The number of para-hydroxylation sites is 1. The molecule has 1 aromatic carbocycles. The molecule has 0 spiro atoms. The van der Waals surface area contributed by atoms with Crippen molar-refractivity contribution in [2.45, 2.75) is 25.8 Å². The molecule has 1 fully saturated rings. The summed E-state index contributed by atoms with van der Waals surface area (Å²) in [4.78, 5) is 25.1. The molecule has 1 atom stereocenters. The predicted octanol–water partition coefficient (Wildman–Crippen LogP) is 1.75. The Morgan fingerprint density at radius 2 is 2.14 bits per heavy atom. The van der Waals surface area contributed by atoms with Crippen molar-refractivity contribution in [1.82, 2.24) is 10.2 Å². The molecule has 6 heteroatoms. The van der Waals surface area contributed by atoms with Gasteiger partial charge in [0.15, 0.2) is 0 Å². The minimum atomic E-state index is -0.581. The van der Waals surface area contributed by atoms with Gasteiger partial charge in [0.1, 0.15) is 6.54 Å². The maximum atomic E-state index is 12.2. The highest BCUT2D eigenvalue weighted by Crippen LogP contribution is 2.19. The number of nitrogens with one attached hydrogen (secondary N) is 2. The summed E-state index contributed by atoms with van der Waals surface area (Å²) in [6, 6.07) is 8.25. The summed E-state index contributed by atoms with van der Waals surface area (Å²) >= 11 is 0. The van der Waals surface area contributed by atoms with E-state index < -0.39 is 6.09 Å². The molecular formula is C16H23N3O3. The zero-order valence-electron chi connectivity index (χ0n) is 13.1. The molecule has 1 saturated heterocycles. The number of hydrogen-bond donors (Lipinski definition) is 2. The number of carbonyl (C=O) groups excluding carboxylic acids is 2. The Morgan fingerprint density at radius 3 is 2.86 bits per heavy atom. The molecule has 0 radical (unpaired) electrons. The van der Waals surface area contributed by atoms with E-state index in [2.05, 4.69) is 28.4 Å². The lowest BCUT2D eigenvalue weighted by Gasteiger charge is -2.25. The standard InChI is InChI=1S/C16H23N3O3/c1-12-6-3-4-8-14(12)17-10-13-7-5-9-19(13)15(20)11-18-16(21)22-2/h3-4,6,8,13,17H,5,7,9-11H2,1-2H3,(H,18,21). The second-order valence-corrected chi connectivity index (χ2v) is 5.42. The van der Waals surface area contributed by atoms with Crippen LogP contribution < -0.4 is 10.6 Å². The van der Waals surface area contributed by atoms with E-state index in [1.807, 2.05) is 23.1 Å². The van der Waals surface area contributed by atoms with Crippen molar-refractivity contribution >= 4 is 17.7 Å². The number of likely N-dealkylation sites (tertiary alicyclic amines) is 1. The van der Waals surface area contributed by atoms with Crippen molar-refractivity contribution in [3.63, 3.8) is 0 Å². The van der Waals surface area contributed by atoms with Gasteiger partial charge in [-0.25, -0.2) is 4.79 Å². The number of anilines is 1. The summed E-state index contributed by atoms with van der Waals surface area (Å²) in [6.07, 6.45) is 1.38. The van der Waals surface area contributed by atoms with Gasteiger partial charge in [0.25, 0.3) is 0 Å². The van der Waals surface area contributed by atoms with Crippen molar-refractivity contribution in [3.05, 3.63) is 29.8 Å². The van der Waals surface area contributed by atoms with Crippen LogP contribution in [0.3, 0.4) is 0 Å². The second-order valence-electron chi connectivity index (χ2n) is 5.42.